The molecule has 1 aromatic rings. The van der Waals surface area contributed by atoms with E-state index in [0.29, 0.717) is 24.0 Å². The lowest BCUT2D eigenvalue weighted by Gasteiger charge is -2.22. The van der Waals surface area contributed by atoms with Gasteiger partial charge in [-0.3, -0.25) is 4.79 Å². The van der Waals surface area contributed by atoms with Crippen LogP contribution < -0.4 is 4.74 Å². The number of pyridine rings is 1. The lowest BCUT2D eigenvalue weighted by molar-refractivity contribution is 0.0490. The zero-order valence-corrected chi connectivity index (χ0v) is 12.3. The van der Waals surface area contributed by atoms with Gasteiger partial charge >= 0.3 is 0 Å². The van der Waals surface area contributed by atoms with Crippen LogP contribution in [0.3, 0.4) is 0 Å². The van der Waals surface area contributed by atoms with Crippen LogP contribution in [0.4, 0.5) is 0 Å². The SMILES string of the molecule is O=C(c1ccnc(OCC2CCOCC2)c1)N1CCCC1. The lowest BCUT2D eigenvalue weighted by Crippen LogP contribution is -2.27. The van der Waals surface area contributed by atoms with E-state index in [-0.39, 0.29) is 5.91 Å². The summed E-state index contributed by atoms with van der Waals surface area (Å²) in [7, 11) is 0. The number of aromatic nitrogens is 1. The number of carbonyl (C=O) groups is 1. The molecule has 0 unspecified atom stereocenters. The Morgan fingerprint density at radius 1 is 1.33 bits per heavy atom. The molecule has 21 heavy (non-hydrogen) atoms. The fraction of sp³-hybridized carbons (Fsp3) is 0.625. The molecule has 0 bridgehead atoms. The van der Waals surface area contributed by atoms with E-state index in [0.717, 1.165) is 52.0 Å². The van der Waals surface area contributed by atoms with Gasteiger partial charge in [-0.25, -0.2) is 4.98 Å². The molecule has 1 aromatic heterocycles. The number of likely N-dealkylation sites (tertiary alicyclic amines) is 1. The van der Waals surface area contributed by atoms with Crippen LogP contribution in [0, 0.1) is 5.92 Å². The van der Waals surface area contributed by atoms with Gasteiger partial charge in [0.1, 0.15) is 0 Å². The number of rotatable bonds is 4. The first kappa shape index (κ1) is 14.3. The molecule has 2 saturated heterocycles. The van der Waals surface area contributed by atoms with Crippen molar-refractivity contribution < 1.29 is 14.3 Å². The third kappa shape index (κ3) is 3.73. The molecule has 0 atom stereocenters. The second-order valence-electron chi connectivity index (χ2n) is 5.75. The van der Waals surface area contributed by atoms with Gasteiger partial charge in [-0.05, 0) is 37.7 Å². The fourth-order valence-electron chi connectivity index (χ4n) is 2.84. The zero-order valence-electron chi connectivity index (χ0n) is 12.3. The molecular formula is C16H22N2O3. The minimum Gasteiger partial charge on any atom is -0.477 e. The summed E-state index contributed by atoms with van der Waals surface area (Å²) >= 11 is 0. The van der Waals surface area contributed by atoms with Crippen LogP contribution in [0.5, 0.6) is 5.88 Å². The van der Waals surface area contributed by atoms with Gasteiger partial charge in [0.15, 0.2) is 0 Å². The molecule has 2 aliphatic rings. The largest absolute Gasteiger partial charge is 0.477 e. The van der Waals surface area contributed by atoms with Crippen molar-refractivity contribution in [2.24, 2.45) is 5.92 Å². The van der Waals surface area contributed by atoms with Crippen molar-refractivity contribution in [1.29, 1.82) is 0 Å². The van der Waals surface area contributed by atoms with Gasteiger partial charge in [0.25, 0.3) is 5.91 Å². The Hall–Kier alpha value is -1.62. The highest BCUT2D eigenvalue weighted by molar-refractivity contribution is 5.94. The van der Waals surface area contributed by atoms with Crippen molar-refractivity contribution in [3.63, 3.8) is 0 Å². The first-order valence-electron chi connectivity index (χ1n) is 7.79. The molecule has 1 amide bonds. The zero-order chi connectivity index (χ0) is 14.5. The number of carbonyl (C=O) groups excluding carboxylic acids is 1. The van der Waals surface area contributed by atoms with E-state index in [1.807, 2.05) is 4.90 Å². The van der Waals surface area contributed by atoms with Gasteiger partial charge in [0, 0.05) is 44.1 Å². The first-order chi connectivity index (χ1) is 10.3. The summed E-state index contributed by atoms with van der Waals surface area (Å²) in [6.07, 6.45) is 5.93. The average molecular weight is 290 g/mol. The van der Waals surface area contributed by atoms with E-state index in [1.54, 1.807) is 18.3 Å². The summed E-state index contributed by atoms with van der Waals surface area (Å²) in [5.41, 5.74) is 0.675. The maximum Gasteiger partial charge on any atom is 0.254 e. The van der Waals surface area contributed by atoms with Crippen LogP contribution in [0.25, 0.3) is 0 Å². The molecule has 0 saturated carbocycles. The Kier molecular flexibility index (Phi) is 4.70. The molecule has 5 nitrogen and oxygen atoms in total. The predicted molar refractivity (Wildman–Crippen MR) is 78.4 cm³/mol. The number of nitrogens with zero attached hydrogens (tertiary/aromatic N) is 2. The number of hydrogen-bond acceptors (Lipinski definition) is 4. The highest BCUT2D eigenvalue weighted by Crippen LogP contribution is 2.19. The van der Waals surface area contributed by atoms with Crippen molar-refractivity contribution in [2.75, 3.05) is 32.9 Å². The Labute approximate surface area is 125 Å². The van der Waals surface area contributed by atoms with E-state index < -0.39 is 0 Å². The molecule has 3 rings (SSSR count). The summed E-state index contributed by atoms with van der Waals surface area (Å²) in [6, 6.07) is 3.53. The molecule has 2 aliphatic heterocycles. The third-order valence-electron chi connectivity index (χ3n) is 4.18. The van der Waals surface area contributed by atoms with E-state index >= 15 is 0 Å². The predicted octanol–water partition coefficient (Wildman–Crippen LogP) is 2.12. The quantitative estimate of drug-likeness (QED) is 0.852. The van der Waals surface area contributed by atoms with Crippen molar-refractivity contribution in [3.05, 3.63) is 23.9 Å². The molecule has 0 N–H and O–H groups in total. The molecule has 0 aliphatic carbocycles. The monoisotopic (exact) mass is 290 g/mol. The molecule has 5 heteroatoms. The number of hydrogen-bond donors (Lipinski definition) is 0. The molecular weight excluding hydrogens is 268 g/mol. The van der Waals surface area contributed by atoms with Crippen LogP contribution in [0.2, 0.25) is 0 Å². The van der Waals surface area contributed by atoms with E-state index in [1.165, 1.54) is 0 Å². The summed E-state index contributed by atoms with van der Waals surface area (Å²) in [4.78, 5) is 18.4. The van der Waals surface area contributed by atoms with Crippen molar-refractivity contribution >= 4 is 5.91 Å². The Balaban J connectivity index is 1.58. The van der Waals surface area contributed by atoms with E-state index in [4.69, 9.17) is 9.47 Å². The normalized spacial score (nSPS) is 19.7. The van der Waals surface area contributed by atoms with E-state index in [9.17, 15) is 4.79 Å². The first-order valence-corrected chi connectivity index (χ1v) is 7.79. The van der Waals surface area contributed by atoms with Gasteiger partial charge in [-0.1, -0.05) is 0 Å². The summed E-state index contributed by atoms with van der Waals surface area (Å²) in [6.45, 7) is 4.00. The minimum atomic E-state index is 0.0887. The topological polar surface area (TPSA) is 51.7 Å². The highest BCUT2D eigenvalue weighted by Gasteiger charge is 2.20. The van der Waals surface area contributed by atoms with Gasteiger partial charge in [-0.15, -0.1) is 0 Å². The number of amides is 1. The van der Waals surface area contributed by atoms with Gasteiger partial charge in [0.05, 0.1) is 6.61 Å². The molecule has 2 fully saturated rings. The van der Waals surface area contributed by atoms with Gasteiger partial charge in [-0.2, -0.15) is 0 Å². The van der Waals surface area contributed by atoms with Crippen molar-refractivity contribution in [1.82, 2.24) is 9.88 Å². The molecule has 3 heterocycles. The molecule has 0 aromatic carbocycles. The lowest BCUT2D eigenvalue weighted by atomic mass is 10.0. The smallest absolute Gasteiger partial charge is 0.254 e. The Morgan fingerprint density at radius 3 is 2.86 bits per heavy atom. The van der Waals surface area contributed by atoms with Crippen LogP contribution in [0.15, 0.2) is 18.3 Å². The second kappa shape index (κ2) is 6.89. The highest BCUT2D eigenvalue weighted by atomic mass is 16.5. The second-order valence-corrected chi connectivity index (χ2v) is 5.75. The third-order valence-corrected chi connectivity index (χ3v) is 4.18. The maximum absolute atomic E-state index is 12.3. The van der Waals surface area contributed by atoms with Gasteiger partial charge < -0.3 is 14.4 Å². The van der Waals surface area contributed by atoms with Crippen molar-refractivity contribution in [3.8, 4) is 5.88 Å². The fourth-order valence-corrected chi connectivity index (χ4v) is 2.84. The minimum absolute atomic E-state index is 0.0887. The standard InChI is InChI=1S/C16H22N2O3/c19-16(18-7-1-2-8-18)14-3-6-17-15(11-14)21-12-13-4-9-20-10-5-13/h3,6,11,13H,1-2,4-5,7-10,12H2. The van der Waals surface area contributed by atoms with E-state index in [2.05, 4.69) is 4.98 Å². The summed E-state index contributed by atoms with van der Waals surface area (Å²) in [5.74, 6) is 1.16. The summed E-state index contributed by atoms with van der Waals surface area (Å²) < 4.78 is 11.1. The molecule has 0 spiro atoms. The number of ether oxygens (including phenoxy) is 2. The molecule has 114 valence electrons. The Morgan fingerprint density at radius 2 is 2.10 bits per heavy atom. The van der Waals surface area contributed by atoms with Gasteiger partial charge in [0.2, 0.25) is 5.88 Å². The van der Waals surface area contributed by atoms with Crippen LogP contribution in [0.1, 0.15) is 36.0 Å². The maximum atomic E-state index is 12.3. The summed E-state index contributed by atoms with van der Waals surface area (Å²) in [5, 5.41) is 0. The molecule has 0 radical (unpaired) electrons. The van der Waals surface area contributed by atoms with Crippen LogP contribution in [-0.2, 0) is 4.74 Å². The Bertz CT molecular complexity index is 480. The van der Waals surface area contributed by atoms with Crippen LogP contribution >= 0.6 is 0 Å². The van der Waals surface area contributed by atoms with Crippen LogP contribution in [-0.4, -0.2) is 48.7 Å². The van der Waals surface area contributed by atoms with Crippen molar-refractivity contribution in [2.45, 2.75) is 25.7 Å². The average Bonchev–Trinajstić information content (AvgIpc) is 3.08.